The molecule has 0 fully saturated rings. The molecule has 0 unspecified atom stereocenters. The summed E-state index contributed by atoms with van der Waals surface area (Å²) in [7, 11) is 0. The molecule has 0 saturated heterocycles. The van der Waals surface area contributed by atoms with Crippen molar-refractivity contribution in [2.45, 2.75) is 32.0 Å². The molecule has 0 aliphatic heterocycles. The fourth-order valence-corrected chi connectivity index (χ4v) is 2.03. The van der Waals surface area contributed by atoms with E-state index in [2.05, 4.69) is 24.4 Å². The highest BCUT2D eigenvalue weighted by atomic mass is 16.4. The lowest BCUT2D eigenvalue weighted by Crippen LogP contribution is -2.34. The van der Waals surface area contributed by atoms with Crippen LogP contribution in [-0.2, 0) is 0 Å². The molecule has 3 nitrogen and oxygen atoms in total. The van der Waals surface area contributed by atoms with Gasteiger partial charge in [-0.2, -0.15) is 0 Å². The lowest BCUT2D eigenvalue weighted by atomic mass is 10.1. The molecule has 1 aromatic heterocycles. The van der Waals surface area contributed by atoms with E-state index in [0.29, 0.717) is 5.76 Å². The Bertz CT molecular complexity index is 453. The topological polar surface area (TPSA) is 45.4 Å². The predicted molar refractivity (Wildman–Crippen MR) is 71.1 cm³/mol. The Morgan fingerprint density at radius 3 is 2.39 bits per heavy atom. The molecule has 0 amide bonds. The average Bonchev–Trinajstić information content (AvgIpc) is 2.92. The van der Waals surface area contributed by atoms with Gasteiger partial charge in [0, 0.05) is 12.1 Å². The Hall–Kier alpha value is -1.58. The molecular formula is C15H19NO2. The molecule has 0 radical (unpaired) electrons. The third-order valence-corrected chi connectivity index (χ3v) is 3.12. The monoisotopic (exact) mass is 245 g/mol. The van der Waals surface area contributed by atoms with E-state index in [4.69, 9.17) is 4.42 Å². The van der Waals surface area contributed by atoms with Gasteiger partial charge in [0.15, 0.2) is 0 Å². The SMILES string of the molecule is C[C@H](N[C@H](C)c1ccccc1)[C@@H](O)c1ccco1. The number of hydrogen-bond acceptors (Lipinski definition) is 3. The molecule has 1 heterocycles. The van der Waals surface area contributed by atoms with Crippen LogP contribution >= 0.6 is 0 Å². The molecule has 0 aliphatic carbocycles. The van der Waals surface area contributed by atoms with E-state index < -0.39 is 6.10 Å². The first-order chi connectivity index (χ1) is 8.68. The molecule has 0 spiro atoms. The summed E-state index contributed by atoms with van der Waals surface area (Å²) in [5.74, 6) is 0.593. The van der Waals surface area contributed by atoms with Gasteiger partial charge in [-0.25, -0.2) is 0 Å². The fraction of sp³-hybridized carbons (Fsp3) is 0.333. The van der Waals surface area contributed by atoms with Crippen molar-refractivity contribution in [2.24, 2.45) is 0 Å². The van der Waals surface area contributed by atoms with Crippen molar-refractivity contribution in [1.82, 2.24) is 5.32 Å². The minimum atomic E-state index is -0.633. The molecular weight excluding hydrogens is 226 g/mol. The lowest BCUT2D eigenvalue weighted by molar-refractivity contribution is 0.107. The van der Waals surface area contributed by atoms with Crippen LogP contribution in [0.4, 0.5) is 0 Å². The molecule has 3 atom stereocenters. The van der Waals surface area contributed by atoms with Gasteiger partial charge in [-0.05, 0) is 31.5 Å². The molecule has 0 bridgehead atoms. The van der Waals surface area contributed by atoms with Crippen LogP contribution in [0.1, 0.15) is 37.3 Å². The Morgan fingerprint density at radius 2 is 1.78 bits per heavy atom. The van der Waals surface area contributed by atoms with Crippen LogP contribution in [0.3, 0.4) is 0 Å². The van der Waals surface area contributed by atoms with E-state index in [-0.39, 0.29) is 12.1 Å². The van der Waals surface area contributed by atoms with Gasteiger partial charge in [-0.15, -0.1) is 0 Å². The van der Waals surface area contributed by atoms with E-state index in [1.165, 1.54) is 5.56 Å². The maximum atomic E-state index is 10.1. The third kappa shape index (κ3) is 3.00. The van der Waals surface area contributed by atoms with Gasteiger partial charge in [-0.1, -0.05) is 30.3 Å². The third-order valence-electron chi connectivity index (χ3n) is 3.12. The molecule has 2 N–H and O–H groups in total. The van der Waals surface area contributed by atoms with Gasteiger partial charge in [0.05, 0.1) is 6.26 Å². The maximum absolute atomic E-state index is 10.1. The second-order valence-corrected chi connectivity index (χ2v) is 4.55. The van der Waals surface area contributed by atoms with E-state index in [1.54, 1.807) is 18.4 Å². The summed E-state index contributed by atoms with van der Waals surface area (Å²) in [4.78, 5) is 0. The minimum absolute atomic E-state index is 0.0774. The molecule has 2 aromatic rings. The first-order valence-corrected chi connectivity index (χ1v) is 6.21. The van der Waals surface area contributed by atoms with Crippen molar-refractivity contribution in [2.75, 3.05) is 0 Å². The van der Waals surface area contributed by atoms with Crippen LogP contribution in [-0.4, -0.2) is 11.1 Å². The van der Waals surface area contributed by atoms with Crippen LogP contribution in [0.5, 0.6) is 0 Å². The Kier molecular flexibility index (Phi) is 4.18. The van der Waals surface area contributed by atoms with Gasteiger partial charge in [0.25, 0.3) is 0 Å². The van der Waals surface area contributed by atoms with Crippen molar-refractivity contribution < 1.29 is 9.52 Å². The van der Waals surface area contributed by atoms with Gasteiger partial charge in [0.1, 0.15) is 11.9 Å². The standard InChI is InChI=1S/C15H19NO2/c1-11(13-7-4-3-5-8-13)16-12(2)15(17)14-9-6-10-18-14/h3-12,15-17H,1-2H3/t11-,12+,15-/m1/s1. The Balaban J connectivity index is 1.97. The number of furan rings is 1. The van der Waals surface area contributed by atoms with Crippen LogP contribution < -0.4 is 5.32 Å². The van der Waals surface area contributed by atoms with Crippen molar-refractivity contribution in [3.05, 3.63) is 60.1 Å². The fourth-order valence-electron chi connectivity index (χ4n) is 2.03. The summed E-state index contributed by atoms with van der Waals surface area (Å²) in [6.07, 6.45) is 0.942. The number of nitrogens with one attached hydrogen (secondary N) is 1. The predicted octanol–water partition coefficient (Wildman–Crippen LogP) is 3.05. The summed E-state index contributed by atoms with van der Waals surface area (Å²) in [5.41, 5.74) is 1.20. The zero-order chi connectivity index (χ0) is 13.0. The van der Waals surface area contributed by atoms with Crippen LogP contribution in [0, 0.1) is 0 Å². The summed E-state index contributed by atoms with van der Waals surface area (Å²) in [5, 5.41) is 13.5. The van der Waals surface area contributed by atoms with Crippen LogP contribution in [0.25, 0.3) is 0 Å². The lowest BCUT2D eigenvalue weighted by Gasteiger charge is -2.23. The van der Waals surface area contributed by atoms with Crippen molar-refractivity contribution >= 4 is 0 Å². The number of aliphatic hydroxyl groups is 1. The molecule has 96 valence electrons. The second kappa shape index (κ2) is 5.85. The van der Waals surface area contributed by atoms with Gasteiger partial charge in [0.2, 0.25) is 0 Å². The van der Waals surface area contributed by atoms with Crippen molar-refractivity contribution in [3.63, 3.8) is 0 Å². The first-order valence-electron chi connectivity index (χ1n) is 6.21. The summed E-state index contributed by atoms with van der Waals surface area (Å²) in [6.45, 7) is 4.04. The van der Waals surface area contributed by atoms with Crippen molar-refractivity contribution in [1.29, 1.82) is 0 Å². The number of benzene rings is 1. The molecule has 3 heteroatoms. The summed E-state index contributed by atoms with van der Waals surface area (Å²) in [6, 6.07) is 13.9. The van der Waals surface area contributed by atoms with Crippen LogP contribution in [0.2, 0.25) is 0 Å². The number of aliphatic hydroxyl groups excluding tert-OH is 1. The highest BCUT2D eigenvalue weighted by Gasteiger charge is 2.20. The largest absolute Gasteiger partial charge is 0.467 e. The Morgan fingerprint density at radius 1 is 1.06 bits per heavy atom. The highest BCUT2D eigenvalue weighted by molar-refractivity contribution is 5.18. The molecule has 0 aliphatic rings. The van der Waals surface area contributed by atoms with E-state index in [9.17, 15) is 5.11 Å². The van der Waals surface area contributed by atoms with E-state index in [1.807, 2.05) is 25.1 Å². The Labute approximate surface area is 107 Å². The van der Waals surface area contributed by atoms with E-state index >= 15 is 0 Å². The second-order valence-electron chi connectivity index (χ2n) is 4.55. The van der Waals surface area contributed by atoms with Gasteiger partial charge in [-0.3, -0.25) is 0 Å². The average molecular weight is 245 g/mol. The number of rotatable bonds is 5. The molecule has 1 aromatic carbocycles. The molecule has 18 heavy (non-hydrogen) atoms. The normalized spacial score (nSPS) is 16.2. The summed E-state index contributed by atoms with van der Waals surface area (Å²) >= 11 is 0. The first kappa shape index (κ1) is 12.9. The minimum Gasteiger partial charge on any atom is -0.467 e. The zero-order valence-corrected chi connectivity index (χ0v) is 10.7. The number of hydrogen-bond donors (Lipinski definition) is 2. The molecule has 2 rings (SSSR count). The van der Waals surface area contributed by atoms with Crippen molar-refractivity contribution in [3.8, 4) is 0 Å². The van der Waals surface area contributed by atoms with Crippen LogP contribution in [0.15, 0.2) is 53.1 Å². The summed E-state index contributed by atoms with van der Waals surface area (Å²) < 4.78 is 5.21. The van der Waals surface area contributed by atoms with Gasteiger partial charge < -0.3 is 14.8 Å². The maximum Gasteiger partial charge on any atom is 0.133 e. The quantitative estimate of drug-likeness (QED) is 0.851. The highest BCUT2D eigenvalue weighted by Crippen LogP contribution is 2.20. The van der Waals surface area contributed by atoms with Gasteiger partial charge >= 0.3 is 0 Å². The molecule has 0 saturated carbocycles. The smallest absolute Gasteiger partial charge is 0.133 e. The zero-order valence-electron chi connectivity index (χ0n) is 10.7. The van der Waals surface area contributed by atoms with E-state index in [0.717, 1.165) is 0 Å².